The van der Waals surface area contributed by atoms with Gasteiger partial charge in [-0.2, -0.15) is 8.42 Å². The summed E-state index contributed by atoms with van der Waals surface area (Å²) >= 11 is 0. The highest BCUT2D eigenvalue weighted by atomic mass is 32.2. The lowest BCUT2D eigenvalue weighted by Gasteiger charge is -2.40. The van der Waals surface area contributed by atoms with Gasteiger partial charge in [0.25, 0.3) is 10.1 Å². The van der Waals surface area contributed by atoms with Crippen LogP contribution in [0.1, 0.15) is 194 Å². The molecule has 0 aromatic rings. The second kappa shape index (κ2) is 35.8. The number of aliphatic hydroxyl groups is 3. The first-order valence-corrected chi connectivity index (χ1v) is 24.5. The molecule has 6 atom stereocenters. The summed E-state index contributed by atoms with van der Waals surface area (Å²) in [5, 5.41) is 30.9. The van der Waals surface area contributed by atoms with Crippen LogP contribution in [0.2, 0.25) is 0 Å². The molecule has 4 N–H and O–H groups in total. The van der Waals surface area contributed by atoms with Crippen LogP contribution < -0.4 is 0 Å². The Morgan fingerprint density at radius 3 is 1.47 bits per heavy atom. The van der Waals surface area contributed by atoms with Gasteiger partial charge in [-0.15, -0.1) is 0 Å². The summed E-state index contributed by atoms with van der Waals surface area (Å²) in [6, 6.07) is 0. The lowest BCUT2D eigenvalue weighted by Crippen LogP contribution is -2.60. The zero-order chi connectivity index (χ0) is 42.7. The number of rotatable bonds is 38. The Balaban J connectivity index is 2.47. The van der Waals surface area contributed by atoms with Gasteiger partial charge in [0, 0.05) is 12.8 Å². The van der Waals surface area contributed by atoms with Crippen molar-refractivity contribution in [1.82, 2.24) is 0 Å². The summed E-state index contributed by atoms with van der Waals surface area (Å²) in [5.74, 6) is -2.03. The van der Waals surface area contributed by atoms with Gasteiger partial charge in [0.1, 0.15) is 36.8 Å². The topological polar surface area (TPSA) is 186 Å². The molecule has 0 radical (unpaired) electrons. The molecule has 340 valence electrons. The zero-order valence-corrected chi connectivity index (χ0v) is 37.0. The molecule has 1 rings (SSSR count). The van der Waals surface area contributed by atoms with E-state index in [1.54, 1.807) is 0 Å². The molecule has 0 bridgehead atoms. The van der Waals surface area contributed by atoms with Crippen LogP contribution >= 0.6 is 0 Å². The summed E-state index contributed by atoms with van der Waals surface area (Å²) in [5.41, 5.74) is 0. The lowest BCUT2D eigenvalue weighted by molar-refractivity contribution is -0.297. The molecule has 1 fully saturated rings. The number of carbonyl (C=O) groups excluding carboxylic acids is 2. The van der Waals surface area contributed by atoms with Gasteiger partial charge in [0.05, 0.1) is 6.61 Å². The maximum Gasteiger partial charge on any atom is 0.306 e. The van der Waals surface area contributed by atoms with Gasteiger partial charge >= 0.3 is 11.9 Å². The maximum absolute atomic E-state index is 12.8. The quantitative estimate of drug-likeness (QED) is 0.0200. The number of aliphatic hydroxyl groups excluding tert-OH is 3. The third kappa shape index (κ3) is 30.2. The van der Waals surface area contributed by atoms with Crippen LogP contribution in [0, 0.1) is 0 Å². The third-order valence-corrected chi connectivity index (χ3v) is 11.3. The van der Waals surface area contributed by atoms with Gasteiger partial charge in [0.2, 0.25) is 0 Å². The van der Waals surface area contributed by atoms with E-state index in [9.17, 15) is 37.9 Å². The molecular weight excluding hydrogens is 765 g/mol. The van der Waals surface area contributed by atoms with E-state index in [4.69, 9.17) is 18.9 Å². The number of hydrogen-bond acceptors (Lipinski definition) is 11. The molecule has 0 aromatic heterocycles. The number of esters is 2. The van der Waals surface area contributed by atoms with Gasteiger partial charge < -0.3 is 34.3 Å². The van der Waals surface area contributed by atoms with Crippen molar-refractivity contribution in [2.24, 2.45) is 0 Å². The minimum absolute atomic E-state index is 0.142. The van der Waals surface area contributed by atoms with Crippen LogP contribution in [0.4, 0.5) is 0 Å². The Kier molecular flexibility index (Phi) is 33.5. The van der Waals surface area contributed by atoms with Crippen LogP contribution in [0.15, 0.2) is 24.3 Å². The van der Waals surface area contributed by atoms with Crippen LogP contribution in [0.25, 0.3) is 0 Å². The van der Waals surface area contributed by atoms with E-state index in [0.29, 0.717) is 12.8 Å². The molecular formula is C45H82O12S. The van der Waals surface area contributed by atoms with E-state index in [1.165, 1.54) is 109 Å². The second-order valence-electron chi connectivity index (χ2n) is 16.1. The molecule has 0 aromatic carbocycles. The molecule has 13 heteroatoms. The number of carbonyl (C=O) groups is 2. The summed E-state index contributed by atoms with van der Waals surface area (Å²) in [7, 11) is -4.60. The molecule has 1 saturated heterocycles. The van der Waals surface area contributed by atoms with Crippen LogP contribution in [-0.2, 0) is 38.7 Å². The largest absolute Gasteiger partial charge is 0.462 e. The molecule has 2 unspecified atom stereocenters. The normalized spacial score (nSPS) is 20.6. The van der Waals surface area contributed by atoms with E-state index in [0.717, 1.165) is 44.9 Å². The summed E-state index contributed by atoms with van der Waals surface area (Å²) in [6.07, 6.45) is 29.4. The van der Waals surface area contributed by atoms with Crippen molar-refractivity contribution in [1.29, 1.82) is 0 Å². The average Bonchev–Trinajstić information content (AvgIpc) is 3.18. The standard InChI is InChI=1S/C45H82O12S/c1-3-5-7-9-11-13-15-17-19-21-23-25-27-29-31-33-40(46)54-35-38(36-55-45-44(50)43(49)42(48)39(57-45)37-58(51,52)53)56-41(47)34-32-30-28-26-24-22-20-18-16-14-12-10-8-6-4-2/h22-25,38-39,42-45,48-50H,3-21,26-37H2,1-2H3,(H,51,52,53)/b24-22+,25-23+/t38-,39-,42-,43?,44?,45+/m1/s1. The lowest BCUT2D eigenvalue weighted by atomic mass is 10.00. The SMILES string of the molecule is CCCCCCCCCC/C=C/CCCCCC(=O)O[C@H](COC(=O)CCCC/C=C/CCCCCCCCCCC)CO[C@H]1O[C@H](CS(=O)(=O)O)[C@@H](O)C(O)C1O. The maximum atomic E-state index is 12.8. The molecule has 58 heavy (non-hydrogen) atoms. The summed E-state index contributed by atoms with van der Waals surface area (Å²) < 4.78 is 54.0. The Hall–Kier alpha value is -1.87. The van der Waals surface area contributed by atoms with Crippen LogP contribution in [0.3, 0.4) is 0 Å². The molecule has 1 aliphatic rings. The van der Waals surface area contributed by atoms with Crippen molar-refractivity contribution in [3.8, 4) is 0 Å². The minimum atomic E-state index is -4.60. The Morgan fingerprint density at radius 1 is 0.569 bits per heavy atom. The summed E-state index contributed by atoms with van der Waals surface area (Å²) in [4.78, 5) is 25.4. The third-order valence-electron chi connectivity index (χ3n) is 10.5. The Morgan fingerprint density at radius 2 is 0.983 bits per heavy atom. The predicted octanol–water partition coefficient (Wildman–Crippen LogP) is 9.23. The van der Waals surface area contributed by atoms with Gasteiger partial charge in [-0.1, -0.05) is 141 Å². The highest BCUT2D eigenvalue weighted by Crippen LogP contribution is 2.24. The van der Waals surface area contributed by atoms with E-state index in [-0.39, 0.29) is 19.4 Å². The Labute approximate surface area is 351 Å². The first-order valence-electron chi connectivity index (χ1n) is 22.9. The van der Waals surface area contributed by atoms with E-state index in [2.05, 4.69) is 38.2 Å². The van der Waals surface area contributed by atoms with Crippen molar-refractivity contribution in [3.63, 3.8) is 0 Å². The van der Waals surface area contributed by atoms with Crippen LogP contribution in [0.5, 0.6) is 0 Å². The number of allylic oxidation sites excluding steroid dienone is 4. The molecule has 12 nitrogen and oxygen atoms in total. The van der Waals surface area contributed by atoms with E-state index < -0.39 is 71.2 Å². The average molecular weight is 847 g/mol. The predicted molar refractivity (Wildman–Crippen MR) is 229 cm³/mol. The zero-order valence-electron chi connectivity index (χ0n) is 36.2. The van der Waals surface area contributed by atoms with E-state index >= 15 is 0 Å². The van der Waals surface area contributed by atoms with E-state index in [1.807, 2.05) is 0 Å². The fourth-order valence-corrected chi connectivity index (χ4v) is 7.59. The molecule has 0 aliphatic carbocycles. The first-order chi connectivity index (χ1) is 28.0. The van der Waals surface area contributed by atoms with Gasteiger partial charge in [-0.25, -0.2) is 0 Å². The van der Waals surface area contributed by atoms with Crippen LogP contribution in [-0.4, -0.2) is 96.0 Å². The monoisotopic (exact) mass is 847 g/mol. The van der Waals surface area contributed by atoms with Crippen molar-refractivity contribution in [2.75, 3.05) is 19.0 Å². The van der Waals surface area contributed by atoms with Gasteiger partial charge in [-0.3, -0.25) is 14.1 Å². The molecule has 0 spiro atoms. The molecule has 0 amide bonds. The fourth-order valence-electron chi connectivity index (χ4n) is 6.90. The number of hydrogen-bond donors (Lipinski definition) is 4. The van der Waals surface area contributed by atoms with Gasteiger partial charge in [0.15, 0.2) is 12.4 Å². The first kappa shape index (κ1) is 54.1. The molecule has 1 heterocycles. The highest BCUT2D eigenvalue weighted by molar-refractivity contribution is 7.85. The minimum Gasteiger partial charge on any atom is -0.462 e. The fraction of sp³-hybridized carbons (Fsp3) is 0.867. The number of unbranched alkanes of at least 4 members (excludes halogenated alkanes) is 22. The van der Waals surface area contributed by atoms with Gasteiger partial charge in [-0.05, 0) is 64.2 Å². The smallest absolute Gasteiger partial charge is 0.306 e. The van der Waals surface area contributed by atoms with Crippen molar-refractivity contribution >= 4 is 22.1 Å². The second-order valence-corrected chi connectivity index (χ2v) is 17.6. The Bertz CT molecular complexity index is 1180. The number of ether oxygens (including phenoxy) is 4. The highest BCUT2D eigenvalue weighted by Gasteiger charge is 2.46. The molecule has 0 saturated carbocycles. The summed E-state index contributed by atoms with van der Waals surface area (Å²) in [6.45, 7) is 3.73. The molecule has 1 aliphatic heterocycles. The van der Waals surface area contributed by atoms with Crippen molar-refractivity contribution in [2.45, 2.75) is 230 Å². The van der Waals surface area contributed by atoms with Crippen molar-refractivity contribution in [3.05, 3.63) is 24.3 Å². The van der Waals surface area contributed by atoms with Crippen molar-refractivity contribution < 1.29 is 56.8 Å².